The Bertz CT molecular complexity index is 795. The Morgan fingerprint density at radius 3 is 2.62 bits per heavy atom. The second-order valence-corrected chi connectivity index (χ2v) is 5.65. The van der Waals surface area contributed by atoms with E-state index in [9.17, 15) is 9.59 Å². The first kappa shape index (κ1) is 15.8. The smallest absolute Gasteiger partial charge is 0.303 e. The summed E-state index contributed by atoms with van der Waals surface area (Å²) in [5, 5.41) is 14.6. The maximum Gasteiger partial charge on any atom is 0.303 e. The number of hydrogen-bond donors (Lipinski definition) is 3. The summed E-state index contributed by atoms with van der Waals surface area (Å²) in [6, 6.07) is 15.3. The van der Waals surface area contributed by atoms with E-state index >= 15 is 0 Å². The lowest BCUT2D eigenvalue weighted by Gasteiger charge is -2.05. The number of carboxylic acid groups (broad SMARTS) is 1. The highest BCUT2D eigenvalue weighted by molar-refractivity contribution is 6.31. The number of rotatable bonds is 6. The van der Waals surface area contributed by atoms with Crippen LogP contribution in [0.4, 0.5) is 11.4 Å². The van der Waals surface area contributed by atoms with Crippen LogP contribution in [0.15, 0.2) is 54.7 Å². The maximum absolute atomic E-state index is 12.0. The van der Waals surface area contributed by atoms with Crippen LogP contribution in [0.3, 0.4) is 0 Å². The van der Waals surface area contributed by atoms with Crippen LogP contribution < -0.4 is 10.6 Å². The van der Waals surface area contributed by atoms with E-state index in [1.54, 1.807) is 6.20 Å². The predicted molar refractivity (Wildman–Crippen MR) is 93.7 cm³/mol. The molecule has 1 aliphatic heterocycles. The summed E-state index contributed by atoms with van der Waals surface area (Å²) < 4.78 is 0. The van der Waals surface area contributed by atoms with Crippen molar-refractivity contribution in [3.63, 3.8) is 0 Å². The number of benzene rings is 2. The number of amides is 1. The molecule has 1 amide bonds. The Labute approximate surface area is 140 Å². The molecule has 0 unspecified atom stereocenters. The lowest BCUT2D eigenvalue weighted by Crippen LogP contribution is -2.05. The normalized spacial score (nSPS) is 14.3. The Morgan fingerprint density at radius 1 is 1.12 bits per heavy atom. The molecular weight excluding hydrogens is 304 g/mol. The molecule has 122 valence electrons. The molecule has 5 heteroatoms. The lowest BCUT2D eigenvalue weighted by atomic mass is 10.1. The van der Waals surface area contributed by atoms with E-state index in [0.717, 1.165) is 28.9 Å². The second kappa shape index (κ2) is 7.00. The van der Waals surface area contributed by atoms with Crippen molar-refractivity contribution < 1.29 is 14.7 Å². The number of para-hydroxylation sites is 1. The van der Waals surface area contributed by atoms with E-state index in [4.69, 9.17) is 5.11 Å². The zero-order valence-corrected chi connectivity index (χ0v) is 13.1. The fraction of sp³-hybridized carbons (Fsp3) is 0.158. The summed E-state index contributed by atoms with van der Waals surface area (Å²) in [5.74, 6) is -0.885. The lowest BCUT2D eigenvalue weighted by molar-refractivity contribution is -0.137. The molecule has 2 aromatic rings. The third-order valence-electron chi connectivity index (χ3n) is 3.90. The number of aliphatic carboxylic acids is 1. The monoisotopic (exact) mass is 322 g/mol. The Morgan fingerprint density at radius 2 is 1.88 bits per heavy atom. The number of anilines is 2. The summed E-state index contributed by atoms with van der Waals surface area (Å²) >= 11 is 0. The molecule has 0 radical (unpaired) electrons. The zero-order chi connectivity index (χ0) is 16.9. The van der Waals surface area contributed by atoms with Crippen LogP contribution in [0.1, 0.15) is 24.0 Å². The van der Waals surface area contributed by atoms with Gasteiger partial charge in [0.05, 0.1) is 5.57 Å². The van der Waals surface area contributed by atoms with Gasteiger partial charge >= 0.3 is 5.97 Å². The fourth-order valence-corrected chi connectivity index (χ4v) is 2.65. The summed E-state index contributed by atoms with van der Waals surface area (Å²) in [6.07, 6.45) is 3.26. The highest BCUT2D eigenvalue weighted by Crippen LogP contribution is 2.31. The van der Waals surface area contributed by atoms with Gasteiger partial charge in [0, 0.05) is 29.6 Å². The van der Waals surface area contributed by atoms with Gasteiger partial charge in [-0.15, -0.1) is 0 Å². The number of nitrogens with one attached hydrogen (secondary N) is 2. The number of carbonyl (C=O) groups excluding carboxylic acids is 1. The summed E-state index contributed by atoms with van der Waals surface area (Å²) in [6.45, 7) is 0. The third-order valence-corrected chi connectivity index (χ3v) is 3.90. The van der Waals surface area contributed by atoms with Gasteiger partial charge in [-0.3, -0.25) is 9.59 Å². The number of carboxylic acids is 1. The van der Waals surface area contributed by atoms with Crippen molar-refractivity contribution in [2.45, 2.75) is 19.3 Å². The fourth-order valence-electron chi connectivity index (χ4n) is 2.65. The molecule has 1 aliphatic rings. The van der Waals surface area contributed by atoms with E-state index in [2.05, 4.69) is 10.6 Å². The molecule has 3 N–H and O–H groups in total. The number of aryl methyl sites for hydroxylation is 1. The largest absolute Gasteiger partial charge is 0.481 e. The molecule has 2 aromatic carbocycles. The van der Waals surface area contributed by atoms with Crippen LogP contribution in [-0.2, 0) is 16.0 Å². The van der Waals surface area contributed by atoms with E-state index in [1.807, 2.05) is 48.5 Å². The molecular formula is C19H18N2O3. The third kappa shape index (κ3) is 3.63. The minimum Gasteiger partial charge on any atom is -0.481 e. The number of fused-ring (bicyclic) bond motifs is 1. The molecule has 0 aromatic heterocycles. The standard InChI is InChI=1S/C19H18N2O3/c22-18(23)7-3-4-13-8-10-14(11-9-13)20-12-16-15-5-1-2-6-17(15)21-19(16)24/h1-2,5-6,8-12,20H,3-4,7H2,(H,21,24)(H,22,23). The van der Waals surface area contributed by atoms with Gasteiger partial charge in [-0.2, -0.15) is 0 Å². The van der Waals surface area contributed by atoms with E-state index in [-0.39, 0.29) is 12.3 Å². The molecule has 0 atom stereocenters. The van der Waals surface area contributed by atoms with Crippen molar-refractivity contribution in [2.75, 3.05) is 10.6 Å². The topological polar surface area (TPSA) is 78.4 Å². The van der Waals surface area contributed by atoms with Crippen molar-refractivity contribution in [3.05, 3.63) is 65.9 Å². The zero-order valence-electron chi connectivity index (χ0n) is 13.1. The van der Waals surface area contributed by atoms with Crippen LogP contribution in [0.2, 0.25) is 0 Å². The van der Waals surface area contributed by atoms with Crippen molar-refractivity contribution in [3.8, 4) is 0 Å². The average Bonchev–Trinajstić information content (AvgIpc) is 2.89. The minimum absolute atomic E-state index is 0.117. The van der Waals surface area contributed by atoms with Crippen molar-refractivity contribution in [1.82, 2.24) is 0 Å². The minimum atomic E-state index is -0.768. The average molecular weight is 322 g/mol. The second-order valence-electron chi connectivity index (χ2n) is 5.65. The first-order valence-electron chi connectivity index (χ1n) is 7.82. The summed E-state index contributed by atoms with van der Waals surface area (Å²) in [4.78, 5) is 22.5. The first-order chi connectivity index (χ1) is 11.6. The molecule has 24 heavy (non-hydrogen) atoms. The maximum atomic E-state index is 12.0. The molecule has 0 spiro atoms. The van der Waals surface area contributed by atoms with Gasteiger partial charge in [0.2, 0.25) is 0 Å². The molecule has 0 fully saturated rings. The summed E-state index contributed by atoms with van der Waals surface area (Å²) in [7, 11) is 0. The highest BCUT2D eigenvalue weighted by atomic mass is 16.4. The predicted octanol–water partition coefficient (Wildman–Crippen LogP) is 3.50. The Hall–Kier alpha value is -3.08. The number of carbonyl (C=O) groups is 2. The SMILES string of the molecule is O=C(O)CCCc1ccc(NC=C2C(=O)Nc3ccccc32)cc1. The van der Waals surface area contributed by atoms with E-state index < -0.39 is 5.97 Å². The molecule has 0 aliphatic carbocycles. The number of hydrogen-bond acceptors (Lipinski definition) is 3. The summed E-state index contributed by atoms with van der Waals surface area (Å²) in [5.41, 5.74) is 4.29. The Kier molecular flexibility index (Phi) is 4.61. The van der Waals surface area contributed by atoms with Gasteiger partial charge in [-0.25, -0.2) is 0 Å². The Balaban J connectivity index is 1.64. The van der Waals surface area contributed by atoms with Crippen LogP contribution >= 0.6 is 0 Å². The van der Waals surface area contributed by atoms with E-state index in [1.165, 1.54) is 0 Å². The molecule has 1 heterocycles. The van der Waals surface area contributed by atoms with Crippen molar-refractivity contribution >= 4 is 28.8 Å². The quantitative estimate of drug-likeness (QED) is 0.711. The van der Waals surface area contributed by atoms with Crippen molar-refractivity contribution in [2.24, 2.45) is 0 Å². The molecule has 3 rings (SSSR count). The van der Waals surface area contributed by atoms with Gasteiger partial charge in [0.15, 0.2) is 0 Å². The van der Waals surface area contributed by atoms with Gasteiger partial charge < -0.3 is 15.7 Å². The molecule has 0 saturated carbocycles. The molecule has 5 nitrogen and oxygen atoms in total. The van der Waals surface area contributed by atoms with Gasteiger partial charge in [-0.1, -0.05) is 30.3 Å². The van der Waals surface area contributed by atoms with Gasteiger partial charge in [0.1, 0.15) is 0 Å². The van der Waals surface area contributed by atoms with Crippen LogP contribution in [-0.4, -0.2) is 17.0 Å². The van der Waals surface area contributed by atoms with Crippen LogP contribution in [0.5, 0.6) is 0 Å². The van der Waals surface area contributed by atoms with Gasteiger partial charge in [0.25, 0.3) is 5.91 Å². The molecule has 0 saturated heterocycles. The van der Waals surface area contributed by atoms with Crippen LogP contribution in [0, 0.1) is 0 Å². The van der Waals surface area contributed by atoms with Gasteiger partial charge in [-0.05, 0) is 36.6 Å². The highest BCUT2D eigenvalue weighted by Gasteiger charge is 2.23. The van der Waals surface area contributed by atoms with Crippen LogP contribution in [0.25, 0.3) is 5.57 Å². The molecule has 0 bridgehead atoms. The van der Waals surface area contributed by atoms with Crippen molar-refractivity contribution in [1.29, 1.82) is 0 Å². The van der Waals surface area contributed by atoms with E-state index in [0.29, 0.717) is 12.0 Å². The first-order valence-corrected chi connectivity index (χ1v) is 7.82.